The van der Waals surface area contributed by atoms with E-state index in [9.17, 15) is 18.4 Å². The fourth-order valence-electron chi connectivity index (χ4n) is 5.49. The molecule has 2 aliphatic rings. The van der Waals surface area contributed by atoms with Gasteiger partial charge in [0.05, 0.1) is 21.7 Å². The smallest absolute Gasteiger partial charge is 0.412 e. The lowest BCUT2D eigenvalue weighted by Crippen LogP contribution is -2.48. The third kappa shape index (κ3) is 6.40. The quantitative estimate of drug-likeness (QED) is 0.297. The Labute approximate surface area is 241 Å². The van der Waals surface area contributed by atoms with Crippen molar-refractivity contribution in [2.75, 3.05) is 25.0 Å². The van der Waals surface area contributed by atoms with E-state index in [-0.39, 0.29) is 24.1 Å². The molecule has 1 atom stereocenters. The molecule has 3 aromatic rings. The van der Waals surface area contributed by atoms with Gasteiger partial charge >= 0.3 is 6.09 Å². The first-order valence-electron chi connectivity index (χ1n) is 13.2. The average molecular weight is 588 g/mol. The molecule has 1 unspecified atom stereocenters. The molecule has 1 fully saturated rings. The number of nitrogens with one attached hydrogen (secondary N) is 2. The van der Waals surface area contributed by atoms with E-state index < -0.39 is 17.6 Å². The molecule has 2 N–H and O–H groups in total. The molecule has 3 aromatic carbocycles. The molecule has 2 heterocycles. The Kier molecular flexibility index (Phi) is 8.59. The Hall–Kier alpha value is -3.20. The Morgan fingerprint density at radius 3 is 2.45 bits per heavy atom. The van der Waals surface area contributed by atoms with Crippen LogP contribution in [-0.2, 0) is 21.7 Å². The maximum absolute atomic E-state index is 14.0. The van der Waals surface area contributed by atoms with Crippen LogP contribution < -0.4 is 10.6 Å². The molecule has 40 heavy (non-hydrogen) atoms. The van der Waals surface area contributed by atoms with E-state index in [4.69, 9.17) is 27.9 Å². The number of carbonyl (C=O) groups is 2. The number of benzene rings is 3. The molecule has 2 amide bonds. The highest BCUT2D eigenvalue weighted by Crippen LogP contribution is 2.43. The number of hydrogen-bond acceptors (Lipinski definition) is 4. The summed E-state index contributed by atoms with van der Waals surface area (Å²) in [7, 11) is 0. The lowest BCUT2D eigenvalue weighted by molar-refractivity contribution is -0.122. The molecule has 1 spiro atoms. The SMILES string of the molecule is O=C1Nc2ccc(F)cc2C2(CCN(CCCC(C(=O)NCc3ccc(F)cc3)c3ccc(Cl)c(Cl)c3)CC2)O1. The summed E-state index contributed by atoms with van der Waals surface area (Å²) >= 11 is 12.4. The average Bonchev–Trinajstić information content (AvgIpc) is 2.94. The molecule has 2 aliphatic heterocycles. The summed E-state index contributed by atoms with van der Waals surface area (Å²) in [5.41, 5.74) is 1.97. The van der Waals surface area contributed by atoms with Gasteiger partial charge in [-0.15, -0.1) is 0 Å². The molecule has 6 nitrogen and oxygen atoms in total. The number of rotatable bonds is 8. The second-order valence-corrected chi connectivity index (χ2v) is 11.1. The highest BCUT2D eigenvalue weighted by atomic mass is 35.5. The predicted octanol–water partition coefficient (Wildman–Crippen LogP) is 7.01. The van der Waals surface area contributed by atoms with E-state index in [0.29, 0.717) is 53.6 Å². The van der Waals surface area contributed by atoms with Crippen LogP contribution >= 0.6 is 23.2 Å². The lowest BCUT2D eigenvalue weighted by Gasteiger charge is -2.44. The van der Waals surface area contributed by atoms with Gasteiger partial charge in [0.15, 0.2) is 0 Å². The van der Waals surface area contributed by atoms with Crippen LogP contribution in [0.4, 0.5) is 19.3 Å². The minimum atomic E-state index is -0.848. The van der Waals surface area contributed by atoms with Crippen molar-refractivity contribution in [2.24, 2.45) is 0 Å². The van der Waals surface area contributed by atoms with Gasteiger partial charge in [-0.05, 0) is 73.0 Å². The Morgan fingerprint density at radius 2 is 1.73 bits per heavy atom. The number of carbonyl (C=O) groups excluding carboxylic acids is 2. The van der Waals surface area contributed by atoms with Crippen LogP contribution in [0, 0.1) is 11.6 Å². The lowest BCUT2D eigenvalue weighted by atomic mass is 9.82. The molecule has 5 rings (SSSR count). The highest BCUT2D eigenvalue weighted by molar-refractivity contribution is 6.42. The van der Waals surface area contributed by atoms with E-state index in [1.165, 1.54) is 24.3 Å². The third-order valence-electron chi connectivity index (χ3n) is 7.67. The maximum Gasteiger partial charge on any atom is 0.412 e. The first kappa shape index (κ1) is 28.3. The number of hydrogen-bond donors (Lipinski definition) is 2. The van der Waals surface area contributed by atoms with Gasteiger partial charge in [-0.2, -0.15) is 0 Å². The number of fused-ring (bicyclic) bond motifs is 2. The fourth-order valence-corrected chi connectivity index (χ4v) is 5.80. The number of piperidine rings is 1. The normalized spacial score (nSPS) is 17.1. The number of anilines is 1. The van der Waals surface area contributed by atoms with Gasteiger partial charge in [0.1, 0.15) is 17.2 Å². The molecule has 0 radical (unpaired) electrons. The van der Waals surface area contributed by atoms with Crippen molar-refractivity contribution in [3.8, 4) is 0 Å². The number of ether oxygens (including phenoxy) is 1. The fraction of sp³-hybridized carbons (Fsp3) is 0.333. The number of likely N-dealkylation sites (tertiary alicyclic amines) is 1. The maximum atomic E-state index is 14.0. The Balaban J connectivity index is 1.21. The molecule has 0 saturated carbocycles. The van der Waals surface area contributed by atoms with E-state index in [2.05, 4.69) is 15.5 Å². The van der Waals surface area contributed by atoms with Gasteiger partial charge in [0.2, 0.25) is 5.91 Å². The van der Waals surface area contributed by atoms with Gasteiger partial charge in [0, 0.05) is 38.0 Å². The minimum Gasteiger partial charge on any atom is -0.438 e. The van der Waals surface area contributed by atoms with E-state index in [1.54, 1.807) is 30.3 Å². The van der Waals surface area contributed by atoms with E-state index in [0.717, 1.165) is 24.1 Å². The Morgan fingerprint density at radius 1 is 1.00 bits per heavy atom. The molecule has 210 valence electrons. The summed E-state index contributed by atoms with van der Waals surface area (Å²) in [6.45, 7) is 2.34. The zero-order valence-corrected chi connectivity index (χ0v) is 23.2. The van der Waals surface area contributed by atoms with Crippen molar-refractivity contribution >= 4 is 40.9 Å². The second-order valence-electron chi connectivity index (χ2n) is 10.3. The summed E-state index contributed by atoms with van der Waals surface area (Å²) in [5, 5.41) is 6.41. The topological polar surface area (TPSA) is 70.7 Å². The van der Waals surface area contributed by atoms with Crippen LogP contribution in [0.5, 0.6) is 0 Å². The predicted molar refractivity (Wildman–Crippen MR) is 151 cm³/mol. The van der Waals surface area contributed by atoms with Crippen LogP contribution in [-0.4, -0.2) is 36.5 Å². The first-order chi connectivity index (χ1) is 19.2. The molecule has 0 bridgehead atoms. The molecular formula is C30H29Cl2F2N3O3. The van der Waals surface area contributed by atoms with Crippen molar-refractivity contribution in [3.05, 3.63) is 99.0 Å². The van der Waals surface area contributed by atoms with Crippen LogP contribution in [0.15, 0.2) is 60.7 Å². The zero-order valence-electron chi connectivity index (χ0n) is 21.7. The molecular weight excluding hydrogens is 559 g/mol. The van der Waals surface area contributed by atoms with Crippen molar-refractivity contribution in [1.82, 2.24) is 10.2 Å². The third-order valence-corrected chi connectivity index (χ3v) is 8.41. The number of nitrogens with zero attached hydrogens (tertiary/aromatic N) is 1. The first-order valence-corrected chi connectivity index (χ1v) is 14.0. The van der Waals surface area contributed by atoms with Crippen LogP contribution in [0.1, 0.15) is 48.3 Å². The van der Waals surface area contributed by atoms with E-state index >= 15 is 0 Å². The van der Waals surface area contributed by atoms with Crippen LogP contribution in [0.25, 0.3) is 0 Å². The summed E-state index contributed by atoms with van der Waals surface area (Å²) in [5.74, 6) is -1.31. The molecule has 10 heteroatoms. The molecule has 0 aliphatic carbocycles. The Bertz CT molecular complexity index is 1400. The monoisotopic (exact) mass is 587 g/mol. The molecule has 1 saturated heterocycles. The van der Waals surface area contributed by atoms with Gasteiger partial charge in [0.25, 0.3) is 0 Å². The highest BCUT2D eigenvalue weighted by Gasteiger charge is 2.44. The van der Waals surface area contributed by atoms with Crippen LogP contribution in [0.2, 0.25) is 10.0 Å². The summed E-state index contributed by atoms with van der Waals surface area (Å²) < 4.78 is 33.0. The van der Waals surface area contributed by atoms with Crippen molar-refractivity contribution < 1.29 is 23.1 Å². The van der Waals surface area contributed by atoms with Crippen molar-refractivity contribution in [1.29, 1.82) is 0 Å². The number of halogens is 4. The van der Waals surface area contributed by atoms with Gasteiger partial charge in [-0.1, -0.05) is 41.4 Å². The summed E-state index contributed by atoms with van der Waals surface area (Å²) in [4.78, 5) is 27.7. The standard InChI is InChI=1S/C30H29Cl2F2N3O3/c31-25-9-5-20(16-26(25)32)23(28(38)35-18-19-3-6-21(33)7-4-19)2-1-13-37-14-11-30(12-15-37)24-17-22(34)8-10-27(24)36-29(39)40-30/h3-10,16-17,23H,1-2,11-15,18H2,(H,35,38)(H,36,39). The second kappa shape index (κ2) is 12.1. The van der Waals surface area contributed by atoms with Gasteiger partial charge in [-0.25, -0.2) is 13.6 Å². The van der Waals surface area contributed by atoms with E-state index in [1.807, 2.05) is 6.07 Å². The zero-order chi connectivity index (χ0) is 28.3. The summed E-state index contributed by atoms with van der Waals surface area (Å²) in [6.07, 6.45) is 1.87. The largest absolute Gasteiger partial charge is 0.438 e. The van der Waals surface area contributed by atoms with Crippen molar-refractivity contribution in [3.63, 3.8) is 0 Å². The minimum absolute atomic E-state index is 0.152. The van der Waals surface area contributed by atoms with Gasteiger partial charge in [-0.3, -0.25) is 10.1 Å². The number of amides is 2. The molecule has 0 aromatic heterocycles. The van der Waals surface area contributed by atoms with Crippen LogP contribution in [0.3, 0.4) is 0 Å². The van der Waals surface area contributed by atoms with Gasteiger partial charge < -0.3 is 15.0 Å². The van der Waals surface area contributed by atoms with Crippen molar-refractivity contribution in [2.45, 2.75) is 43.7 Å². The summed E-state index contributed by atoms with van der Waals surface area (Å²) in [6, 6.07) is 15.6.